The summed E-state index contributed by atoms with van der Waals surface area (Å²) in [7, 11) is -0.861. The van der Waals surface area contributed by atoms with Crippen LogP contribution in [0.3, 0.4) is 0 Å². The Labute approximate surface area is 88.1 Å². The fourth-order valence-electron chi connectivity index (χ4n) is 1.06. The first kappa shape index (κ1) is 13.6. The van der Waals surface area contributed by atoms with Gasteiger partial charge in [0.2, 0.25) is 5.91 Å². The molecule has 5 heteroatoms. The lowest BCUT2D eigenvalue weighted by Gasteiger charge is -2.13. The lowest BCUT2D eigenvalue weighted by molar-refractivity contribution is -0.122. The molecule has 1 unspecified atom stereocenters. The molecule has 0 aromatic carbocycles. The summed E-state index contributed by atoms with van der Waals surface area (Å²) in [4.78, 5) is 11.3. The van der Waals surface area contributed by atoms with E-state index in [1.165, 1.54) is 0 Å². The molecular weight excluding hydrogens is 200 g/mol. The van der Waals surface area contributed by atoms with Crippen LogP contribution >= 0.6 is 0 Å². The minimum atomic E-state index is -0.861. The van der Waals surface area contributed by atoms with E-state index in [0.29, 0.717) is 24.6 Å². The highest BCUT2D eigenvalue weighted by Crippen LogP contribution is 2.02. The van der Waals surface area contributed by atoms with Gasteiger partial charge in [0.05, 0.1) is 6.04 Å². The van der Waals surface area contributed by atoms with Crippen molar-refractivity contribution in [1.29, 1.82) is 0 Å². The van der Waals surface area contributed by atoms with Crippen LogP contribution < -0.4 is 11.1 Å². The number of rotatable bonds is 6. The molecule has 4 nitrogen and oxygen atoms in total. The topological polar surface area (TPSA) is 72.2 Å². The molecule has 1 amide bonds. The Kier molecular flexibility index (Phi) is 6.74. The molecule has 3 N–H and O–H groups in total. The van der Waals surface area contributed by atoms with Gasteiger partial charge in [-0.25, -0.2) is 0 Å². The van der Waals surface area contributed by atoms with E-state index in [1.54, 1.807) is 6.26 Å². The van der Waals surface area contributed by atoms with Gasteiger partial charge in [0.25, 0.3) is 0 Å². The van der Waals surface area contributed by atoms with Crippen LogP contribution in [0.4, 0.5) is 0 Å². The molecule has 2 atom stereocenters. The van der Waals surface area contributed by atoms with Crippen LogP contribution in [0.2, 0.25) is 0 Å². The molecule has 0 heterocycles. The third-order valence-corrected chi connectivity index (χ3v) is 2.53. The Hall–Kier alpha value is -0.420. The molecule has 0 radical (unpaired) electrons. The number of nitrogens with one attached hydrogen (secondary N) is 1. The molecule has 0 spiro atoms. The predicted octanol–water partition coefficient (Wildman–Crippen LogP) is -0.145. The summed E-state index contributed by atoms with van der Waals surface area (Å²) in [5, 5.41) is 2.66. The van der Waals surface area contributed by atoms with Crippen molar-refractivity contribution in [1.82, 2.24) is 5.32 Å². The first-order chi connectivity index (χ1) is 6.43. The van der Waals surface area contributed by atoms with E-state index >= 15 is 0 Å². The van der Waals surface area contributed by atoms with Crippen LogP contribution in [0.25, 0.3) is 0 Å². The normalized spacial score (nSPS) is 15.2. The van der Waals surface area contributed by atoms with Crippen LogP contribution in [0.1, 0.15) is 20.3 Å². The molecule has 84 valence electrons. The Balaban J connectivity index is 3.67. The van der Waals surface area contributed by atoms with Crippen molar-refractivity contribution in [2.45, 2.75) is 26.3 Å². The average Bonchev–Trinajstić information content (AvgIpc) is 2.01. The van der Waals surface area contributed by atoms with Crippen LogP contribution in [0, 0.1) is 5.92 Å². The van der Waals surface area contributed by atoms with Crippen LogP contribution in [0.15, 0.2) is 0 Å². The second kappa shape index (κ2) is 6.95. The van der Waals surface area contributed by atoms with E-state index in [2.05, 4.69) is 5.32 Å². The SMILES string of the molecule is CC(C)C[C@@H](N)C(=O)NCCS(C)=O. The van der Waals surface area contributed by atoms with Crippen molar-refractivity contribution in [3.05, 3.63) is 0 Å². The molecule has 0 aliphatic carbocycles. The minimum Gasteiger partial charge on any atom is -0.354 e. The molecular formula is C9H20N2O2S. The Morgan fingerprint density at radius 1 is 1.50 bits per heavy atom. The summed E-state index contributed by atoms with van der Waals surface area (Å²) in [5.74, 6) is 0.750. The van der Waals surface area contributed by atoms with Crippen molar-refractivity contribution in [3.8, 4) is 0 Å². The van der Waals surface area contributed by atoms with Gasteiger partial charge in [0.15, 0.2) is 0 Å². The monoisotopic (exact) mass is 220 g/mol. The summed E-state index contributed by atoms with van der Waals surface area (Å²) in [5.41, 5.74) is 5.65. The standard InChI is InChI=1S/C9H20N2O2S/c1-7(2)6-8(10)9(12)11-4-5-14(3)13/h7-8H,4-6,10H2,1-3H3,(H,11,12)/t8-,14?/m1/s1. The summed E-state index contributed by atoms with van der Waals surface area (Å²) in [6, 6.07) is -0.444. The zero-order chi connectivity index (χ0) is 11.1. The number of amides is 1. The molecule has 0 fully saturated rings. The first-order valence-corrected chi connectivity index (χ1v) is 6.49. The van der Waals surface area contributed by atoms with Crippen molar-refractivity contribution in [2.24, 2.45) is 11.7 Å². The second-order valence-corrected chi connectivity index (χ2v) is 5.36. The van der Waals surface area contributed by atoms with E-state index in [9.17, 15) is 9.00 Å². The lowest BCUT2D eigenvalue weighted by atomic mass is 10.0. The van der Waals surface area contributed by atoms with Gasteiger partial charge in [-0.2, -0.15) is 0 Å². The summed E-state index contributed by atoms with van der Waals surface area (Å²) < 4.78 is 10.7. The van der Waals surface area contributed by atoms with Gasteiger partial charge in [-0.15, -0.1) is 0 Å². The van der Waals surface area contributed by atoms with Gasteiger partial charge in [0, 0.05) is 29.4 Å². The quantitative estimate of drug-likeness (QED) is 0.654. The number of hydrogen-bond donors (Lipinski definition) is 2. The van der Waals surface area contributed by atoms with Crippen molar-refractivity contribution >= 4 is 16.7 Å². The predicted molar refractivity (Wildman–Crippen MR) is 59.4 cm³/mol. The molecule has 0 bridgehead atoms. The zero-order valence-corrected chi connectivity index (χ0v) is 9.89. The smallest absolute Gasteiger partial charge is 0.236 e. The van der Waals surface area contributed by atoms with Crippen LogP contribution in [-0.4, -0.2) is 34.7 Å². The van der Waals surface area contributed by atoms with Gasteiger partial charge < -0.3 is 11.1 Å². The highest BCUT2D eigenvalue weighted by Gasteiger charge is 2.13. The third-order valence-electron chi connectivity index (χ3n) is 1.75. The third kappa shape index (κ3) is 7.03. The van der Waals surface area contributed by atoms with E-state index in [-0.39, 0.29) is 5.91 Å². The number of nitrogens with two attached hydrogens (primary N) is 1. The zero-order valence-electron chi connectivity index (χ0n) is 9.08. The van der Waals surface area contributed by atoms with E-state index in [1.807, 2.05) is 13.8 Å². The molecule has 0 rings (SSSR count). The Bertz CT molecular complexity index is 207. The largest absolute Gasteiger partial charge is 0.354 e. The maximum absolute atomic E-state index is 11.3. The first-order valence-electron chi connectivity index (χ1n) is 4.76. The highest BCUT2D eigenvalue weighted by atomic mass is 32.2. The molecule has 0 aromatic rings. The van der Waals surface area contributed by atoms with Gasteiger partial charge in [-0.3, -0.25) is 9.00 Å². The molecule has 0 aliphatic rings. The maximum Gasteiger partial charge on any atom is 0.236 e. The number of carbonyl (C=O) groups is 1. The van der Waals surface area contributed by atoms with Gasteiger partial charge in [-0.05, 0) is 12.3 Å². The number of carbonyl (C=O) groups excluding carboxylic acids is 1. The average molecular weight is 220 g/mol. The fourth-order valence-corrected chi connectivity index (χ4v) is 1.45. The summed E-state index contributed by atoms with van der Waals surface area (Å²) in [6.45, 7) is 4.48. The van der Waals surface area contributed by atoms with Gasteiger partial charge >= 0.3 is 0 Å². The second-order valence-electron chi connectivity index (χ2n) is 3.80. The van der Waals surface area contributed by atoms with Crippen molar-refractivity contribution in [3.63, 3.8) is 0 Å². The minimum absolute atomic E-state index is 0.149. The fraction of sp³-hybridized carbons (Fsp3) is 0.889. The molecule has 0 aromatic heterocycles. The van der Waals surface area contributed by atoms with Gasteiger partial charge in [0.1, 0.15) is 0 Å². The highest BCUT2D eigenvalue weighted by molar-refractivity contribution is 7.84. The van der Waals surface area contributed by atoms with Crippen LogP contribution in [0.5, 0.6) is 0 Å². The molecule has 14 heavy (non-hydrogen) atoms. The Morgan fingerprint density at radius 3 is 2.50 bits per heavy atom. The van der Waals surface area contributed by atoms with E-state index in [4.69, 9.17) is 5.73 Å². The van der Waals surface area contributed by atoms with Crippen molar-refractivity contribution in [2.75, 3.05) is 18.6 Å². The summed E-state index contributed by atoms with van der Waals surface area (Å²) >= 11 is 0. The van der Waals surface area contributed by atoms with Crippen molar-refractivity contribution < 1.29 is 9.00 Å². The van der Waals surface area contributed by atoms with E-state index in [0.717, 1.165) is 0 Å². The molecule has 0 saturated heterocycles. The lowest BCUT2D eigenvalue weighted by Crippen LogP contribution is -2.42. The molecule has 0 saturated carbocycles. The van der Waals surface area contributed by atoms with E-state index < -0.39 is 16.8 Å². The number of hydrogen-bond acceptors (Lipinski definition) is 3. The maximum atomic E-state index is 11.3. The summed E-state index contributed by atoms with van der Waals surface area (Å²) in [6.07, 6.45) is 2.29. The van der Waals surface area contributed by atoms with Gasteiger partial charge in [-0.1, -0.05) is 13.8 Å². The molecule has 0 aliphatic heterocycles. The Morgan fingerprint density at radius 2 is 2.07 bits per heavy atom. The van der Waals surface area contributed by atoms with Crippen LogP contribution in [-0.2, 0) is 15.6 Å².